The molecule has 0 aliphatic heterocycles. The maximum Gasteiger partial charge on any atom is 0.0554 e. The highest BCUT2D eigenvalue weighted by Gasteiger charge is 2.46. The van der Waals surface area contributed by atoms with E-state index in [0.29, 0.717) is 11.8 Å². The molecule has 4 atom stereocenters. The summed E-state index contributed by atoms with van der Waals surface area (Å²) in [5, 5.41) is 0. The lowest BCUT2D eigenvalue weighted by Gasteiger charge is -2.45. The van der Waals surface area contributed by atoms with Crippen LogP contribution in [0.15, 0.2) is 60.7 Å². The third-order valence-corrected chi connectivity index (χ3v) is 13.3. The summed E-state index contributed by atoms with van der Waals surface area (Å²) in [7, 11) is -1.61. The molecular formula is C30H40Si. The second kappa shape index (κ2) is 9.73. The summed E-state index contributed by atoms with van der Waals surface area (Å²) < 4.78 is 0. The van der Waals surface area contributed by atoms with Crippen molar-refractivity contribution in [1.29, 1.82) is 0 Å². The summed E-state index contributed by atoms with van der Waals surface area (Å²) in [6, 6.07) is 18.3. The molecule has 1 heteroatoms. The fourth-order valence-electron chi connectivity index (χ4n) is 6.41. The Hall–Kier alpha value is -1.86. The van der Waals surface area contributed by atoms with Crippen molar-refractivity contribution in [1.82, 2.24) is 0 Å². The minimum absolute atomic E-state index is 0.606. The predicted octanol–water partition coefficient (Wildman–Crippen LogP) is 9.44. The molecule has 0 saturated heterocycles. The minimum atomic E-state index is -1.61. The van der Waals surface area contributed by atoms with Crippen LogP contribution in [0.4, 0.5) is 0 Å². The van der Waals surface area contributed by atoms with E-state index in [9.17, 15) is 0 Å². The average molecular weight is 429 g/mol. The van der Waals surface area contributed by atoms with Gasteiger partial charge in [-0.2, -0.15) is 0 Å². The lowest BCUT2D eigenvalue weighted by Crippen LogP contribution is -2.42. The molecule has 0 bridgehead atoms. The maximum absolute atomic E-state index is 2.73. The normalized spacial score (nSPS) is 21.2. The Morgan fingerprint density at radius 1 is 0.677 bits per heavy atom. The number of hydrogen-bond acceptors (Lipinski definition) is 0. The minimum Gasteiger partial charge on any atom is -0.0764 e. The first kappa shape index (κ1) is 22.3. The van der Waals surface area contributed by atoms with Crippen LogP contribution in [-0.2, 0) is 0 Å². The van der Waals surface area contributed by atoms with E-state index in [0.717, 1.165) is 11.1 Å². The van der Waals surface area contributed by atoms with Crippen molar-refractivity contribution in [2.45, 2.75) is 88.4 Å². The van der Waals surface area contributed by atoms with E-state index in [1.165, 1.54) is 49.7 Å². The van der Waals surface area contributed by atoms with Crippen molar-refractivity contribution in [3.63, 3.8) is 0 Å². The van der Waals surface area contributed by atoms with Crippen LogP contribution in [0.25, 0.3) is 12.2 Å². The molecule has 4 unspecified atom stereocenters. The first-order valence-corrected chi connectivity index (χ1v) is 15.8. The van der Waals surface area contributed by atoms with Crippen LogP contribution in [0.5, 0.6) is 0 Å². The molecule has 164 valence electrons. The largest absolute Gasteiger partial charge is 0.0764 e. The number of unbranched alkanes of at least 4 members (excludes halogenated alkanes) is 2. The highest BCUT2D eigenvalue weighted by atomic mass is 28.3. The Kier molecular flexibility index (Phi) is 7.01. The van der Waals surface area contributed by atoms with Crippen molar-refractivity contribution < 1.29 is 0 Å². The highest BCUT2D eigenvalue weighted by Crippen LogP contribution is 2.55. The van der Waals surface area contributed by atoms with Crippen molar-refractivity contribution in [2.24, 2.45) is 0 Å². The van der Waals surface area contributed by atoms with E-state index in [1.54, 1.807) is 11.1 Å². The Bertz CT molecular complexity index is 859. The highest BCUT2D eigenvalue weighted by molar-refractivity contribution is 6.80. The number of benzene rings is 2. The van der Waals surface area contributed by atoms with Gasteiger partial charge in [0, 0.05) is 11.8 Å². The lowest BCUT2D eigenvalue weighted by atomic mass is 9.93. The van der Waals surface area contributed by atoms with E-state index in [2.05, 4.69) is 99.8 Å². The zero-order valence-corrected chi connectivity index (χ0v) is 21.0. The van der Waals surface area contributed by atoms with Gasteiger partial charge in [0.25, 0.3) is 0 Å². The van der Waals surface area contributed by atoms with Gasteiger partial charge >= 0.3 is 0 Å². The third kappa shape index (κ3) is 4.39. The first-order valence-electron chi connectivity index (χ1n) is 12.6. The molecular weight excluding hydrogens is 388 g/mol. The molecule has 2 aliphatic rings. The van der Waals surface area contributed by atoms with Gasteiger partial charge in [-0.1, -0.05) is 138 Å². The van der Waals surface area contributed by atoms with Gasteiger partial charge in [-0.05, 0) is 33.3 Å². The Labute approximate surface area is 191 Å². The monoisotopic (exact) mass is 428 g/mol. The molecule has 0 amide bonds. The van der Waals surface area contributed by atoms with Crippen LogP contribution in [0.1, 0.15) is 86.5 Å². The van der Waals surface area contributed by atoms with E-state index in [4.69, 9.17) is 0 Å². The molecule has 31 heavy (non-hydrogen) atoms. The lowest BCUT2D eigenvalue weighted by molar-refractivity contribution is 0.560. The van der Waals surface area contributed by atoms with Crippen LogP contribution in [0, 0.1) is 0 Å². The quantitative estimate of drug-likeness (QED) is 0.330. The molecule has 0 radical (unpaired) electrons. The molecule has 2 aliphatic carbocycles. The molecule has 0 nitrogen and oxygen atoms in total. The van der Waals surface area contributed by atoms with E-state index in [-0.39, 0.29) is 0 Å². The average Bonchev–Trinajstić information content (AvgIpc) is 3.39. The first-order chi connectivity index (χ1) is 15.1. The van der Waals surface area contributed by atoms with E-state index < -0.39 is 8.07 Å². The third-order valence-electron chi connectivity index (χ3n) is 8.19. The van der Waals surface area contributed by atoms with Gasteiger partial charge < -0.3 is 0 Å². The summed E-state index contributed by atoms with van der Waals surface area (Å²) in [6.07, 6.45) is 17.9. The summed E-state index contributed by atoms with van der Waals surface area (Å²) >= 11 is 0. The molecule has 4 rings (SSSR count). The second-order valence-electron chi connectivity index (χ2n) is 10.3. The standard InChI is InChI=1S/C30H40Si/c1-5-7-17-29(27-21-19-23-13-9-11-15-25(23)27)31(3,4)30(18-8-6-2)28-22-20-24-14-10-12-16-26(24)28/h9-16,19-22,27-30H,5-8,17-18H2,1-4H3. The zero-order valence-electron chi connectivity index (χ0n) is 20.0. The van der Waals surface area contributed by atoms with Crippen LogP contribution in [0.3, 0.4) is 0 Å². The van der Waals surface area contributed by atoms with Gasteiger partial charge in [-0.15, -0.1) is 0 Å². The Morgan fingerprint density at radius 2 is 1.10 bits per heavy atom. The summed E-state index contributed by atoms with van der Waals surface area (Å²) in [5.74, 6) is 1.21. The summed E-state index contributed by atoms with van der Waals surface area (Å²) in [5.41, 5.74) is 7.68. The molecule has 0 fully saturated rings. The van der Waals surface area contributed by atoms with E-state index >= 15 is 0 Å². The van der Waals surface area contributed by atoms with Crippen molar-refractivity contribution in [2.75, 3.05) is 0 Å². The smallest absolute Gasteiger partial charge is 0.0554 e. The SMILES string of the molecule is CCCCC(C1C=Cc2ccccc21)[Si](C)(C)C(CCCC)C1C=Cc2ccccc21. The molecule has 0 spiro atoms. The summed E-state index contributed by atoms with van der Waals surface area (Å²) in [6.45, 7) is 10.2. The molecule has 0 saturated carbocycles. The predicted molar refractivity (Wildman–Crippen MR) is 140 cm³/mol. The Balaban J connectivity index is 1.71. The molecule has 2 aromatic rings. The van der Waals surface area contributed by atoms with Gasteiger partial charge in [0.15, 0.2) is 0 Å². The van der Waals surface area contributed by atoms with Crippen molar-refractivity contribution in [3.05, 3.63) is 82.9 Å². The number of rotatable bonds is 10. The number of allylic oxidation sites excluding steroid dienone is 2. The molecule has 0 aromatic heterocycles. The topological polar surface area (TPSA) is 0 Å². The van der Waals surface area contributed by atoms with Crippen molar-refractivity contribution >= 4 is 20.2 Å². The molecule has 0 heterocycles. The van der Waals surface area contributed by atoms with Gasteiger partial charge in [-0.3, -0.25) is 0 Å². The van der Waals surface area contributed by atoms with Crippen LogP contribution >= 0.6 is 0 Å². The fraction of sp³-hybridized carbons (Fsp3) is 0.467. The fourth-order valence-corrected chi connectivity index (χ4v) is 11.3. The number of fused-ring (bicyclic) bond motifs is 2. The van der Waals surface area contributed by atoms with Gasteiger partial charge in [0.05, 0.1) is 8.07 Å². The second-order valence-corrected chi connectivity index (χ2v) is 15.5. The zero-order chi connectivity index (χ0) is 21.8. The van der Waals surface area contributed by atoms with Gasteiger partial charge in [-0.25, -0.2) is 0 Å². The van der Waals surface area contributed by atoms with E-state index in [1.807, 2.05) is 0 Å². The molecule has 0 N–H and O–H groups in total. The van der Waals surface area contributed by atoms with Crippen molar-refractivity contribution in [3.8, 4) is 0 Å². The maximum atomic E-state index is 2.73. The number of hydrogen-bond donors (Lipinski definition) is 0. The van der Waals surface area contributed by atoms with Gasteiger partial charge in [0.2, 0.25) is 0 Å². The van der Waals surface area contributed by atoms with Crippen LogP contribution in [-0.4, -0.2) is 8.07 Å². The summed E-state index contributed by atoms with van der Waals surface area (Å²) in [4.78, 5) is 0. The van der Waals surface area contributed by atoms with Gasteiger partial charge in [0.1, 0.15) is 0 Å². The van der Waals surface area contributed by atoms with Crippen LogP contribution < -0.4 is 0 Å². The Morgan fingerprint density at radius 3 is 1.52 bits per heavy atom. The molecule has 2 aromatic carbocycles. The van der Waals surface area contributed by atoms with Crippen LogP contribution in [0.2, 0.25) is 24.2 Å².